The van der Waals surface area contributed by atoms with Crippen LogP contribution in [-0.2, 0) is 17.5 Å². The molecule has 4 aliphatic rings. The van der Waals surface area contributed by atoms with Crippen molar-refractivity contribution in [1.29, 1.82) is 0 Å². The summed E-state index contributed by atoms with van der Waals surface area (Å²) >= 11 is 0. The minimum absolute atomic E-state index is 0. The number of fused-ring (bicyclic) bond motifs is 1. The zero-order valence-corrected chi connectivity index (χ0v) is 17.5. The summed E-state index contributed by atoms with van der Waals surface area (Å²) < 4.78 is 45.7. The Hall–Kier alpha value is -1.12. The standard InChI is InChI=1S/C20H29F3N4O.ClH/c1-28-5-4-24-11-16-12-25-18(26-17(16)20(21,22)23)27-19-3-2-13-6-14(9-19)8-15(7-13)10-19;/h12-15,24H,2-11H2,1H3,(H,25,26,27);1H. The highest BCUT2D eigenvalue weighted by molar-refractivity contribution is 5.85. The molecule has 9 heteroatoms. The molecule has 2 unspecified atom stereocenters. The van der Waals surface area contributed by atoms with Crippen LogP contribution in [0.3, 0.4) is 0 Å². The lowest BCUT2D eigenvalue weighted by Crippen LogP contribution is -2.45. The normalized spacial score (nSPS) is 30.7. The van der Waals surface area contributed by atoms with Gasteiger partial charge in [-0.1, -0.05) is 0 Å². The van der Waals surface area contributed by atoms with Crippen molar-refractivity contribution in [3.8, 4) is 0 Å². The largest absolute Gasteiger partial charge is 0.433 e. The number of rotatable bonds is 7. The third-order valence-corrected chi connectivity index (χ3v) is 6.70. The van der Waals surface area contributed by atoms with E-state index in [2.05, 4.69) is 20.6 Å². The molecule has 0 aromatic carbocycles. The van der Waals surface area contributed by atoms with Crippen molar-refractivity contribution >= 4 is 18.4 Å². The lowest BCUT2D eigenvalue weighted by molar-refractivity contribution is -0.141. The van der Waals surface area contributed by atoms with E-state index in [1.54, 1.807) is 7.11 Å². The zero-order valence-electron chi connectivity index (χ0n) is 16.7. The van der Waals surface area contributed by atoms with Gasteiger partial charge in [-0.05, 0) is 62.7 Å². The first kappa shape index (κ1) is 22.6. The van der Waals surface area contributed by atoms with Gasteiger partial charge in [0.15, 0.2) is 5.69 Å². The molecule has 29 heavy (non-hydrogen) atoms. The molecule has 4 saturated carbocycles. The maximum Gasteiger partial charge on any atom is 0.433 e. The first-order valence-electron chi connectivity index (χ1n) is 10.3. The topological polar surface area (TPSA) is 59.1 Å². The second kappa shape index (κ2) is 8.94. The number of hydrogen-bond acceptors (Lipinski definition) is 5. The van der Waals surface area contributed by atoms with Gasteiger partial charge in [-0.25, -0.2) is 9.97 Å². The second-order valence-corrected chi connectivity index (χ2v) is 8.89. The molecular formula is C20H30ClF3N4O. The summed E-state index contributed by atoms with van der Waals surface area (Å²) in [7, 11) is 1.55. The van der Waals surface area contributed by atoms with Gasteiger partial charge in [0.05, 0.1) is 6.61 Å². The van der Waals surface area contributed by atoms with E-state index in [-0.39, 0.29) is 36.0 Å². The summed E-state index contributed by atoms with van der Waals surface area (Å²) in [6.07, 6.45) is 4.88. The molecular weight excluding hydrogens is 405 g/mol. The summed E-state index contributed by atoms with van der Waals surface area (Å²) in [4.78, 5) is 8.19. The van der Waals surface area contributed by atoms with E-state index in [1.807, 2.05) is 0 Å². The maximum absolute atomic E-state index is 13.6. The number of aromatic nitrogens is 2. The van der Waals surface area contributed by atoms with Crippen LogP contribution in [0.15, 0.2) is 6.20 Å². The Balaban J connectivity index is 0.00000240. The molecule has 5 nitrogen and oxygen atoms in total. The van der Waals surface area contributed by atoms with Crippen LogP contribution in [0, 0.1) is 17.8 Å². The average Bonchev–Trinajstić information content (AvgIpc) is 2.82. The van der Waals surface area contributed by atoms with Gasteiger partial charge >= 0.3 is 6.18 Å². The van der Waals surface area contributed by atoms with Crippen LogP contribution in [-0.4, -0.2) is 35.8 Å². The number of nitrogens with one attached hydrogen (secondary N) is 2. The highest BCUT2D eigenvalue weighted by Crippen LogP contribution is 2.53. The van der Waals surface area contributed by atoms with Crippen LogP contribution in [0.25, 0.3) is 0 Å². The Morgan fingerprint density at radius 3 is 2.52 bits per heavy atom. The molecule has 2 N–H and O–H groups in total. The zero-order chi connectivity index (χ0) is 19.8. The molecule has 0 spiro atoms. The number of halogens is 4. The highest BCUT2D eigenvalue weighted by atomic mass is 35.5. The predicted molar refractivity (Wildman–Crippen MR) is 107 cm³/mol. The van der Waals surface area contributed by atoms with Crippen molar-refractivity contribution in [2.45, 2.75) is 63.2 Å². The number of nitrogens with zero attached hydrogens (tertiary/aromatic N) is 2. The van der Waals surface area contributed by atoms with E-state index in [0.717, 1.165) is 31.6 Å². The number of hydrogen-bond donors (Lipinski definition) is 2. The summed E-state index contributed by atoms with van der Waals surface area (Å²) in [6, 6.07) is 0. The summed E-state index contributed by atoms with van der Waals surface area (Å²) in [5.41, 5.74) is -0.923. The molecule has 0 saturated heterocycles. The lowest BCUT2D eigenvalue weighted by Gasteiger charge is -2.45. The first-order chi connectivity index (χ1) is 13.4. The molecule has 5 rings (SSSR count). The molecule has 2 atom stereocenters. The minimum Gasteiger partial charge on any atom is -0.383 e. The monoisotopic (exact) mass is 434 g/mol. The van der Waals surface area contributed by atoms with Crippen molar-refractivity contribution in [2.24, 2.45) is 17.8 Å². The molecule has 4 fully saturated rings. The summed E-state index contributed by atoms with van der Waals surface area (Å²) in [6.45, 7) is 0.976. The van der Waals surface area contributed by atoms with Gasteiger partial charge in [-0.3, -0.25) is 0 Å². The number of alkyl halides is 3. The molecule has 0 amide bonds. The Morgan fingerprint density at radius 2 is 1.86 bits per heavy atom. The molecule has 0 radical (unpaired) electrons. The molecule has 0 aliphatic heterocycles. The third kappa shape index (κ3) is 5.14. The van der Waals surface area contributed by atoms with Gasteiger partial charge in [-0.15, -0.1) is 12.4 Å². The predicted octanol–water partition coefficient (Wildman–Crippen LogP) is 4.42. The average molecular weight is 435 g/mol. The van der Waals surface area contributed by atoms with E-state index in [9.17, 15) is 13.2 Å². The summed E-state index contributed by atoms with van der Waals surface area (Å²) in [5.74, 6) is 2.30. The van der Waals surface area contributed by atoms with E-state index in [4.69, 9.17) is 4.74 Å². The van der Waals surface area contributed by atoms with Crippen molar-refractivity contribution in [3.63, 3.8) is 0 Å². The lowest BCUT2D eigenvalue weighted by atomic mass is 9.65. The maximum atomic E-state index is 13.6. The van der Waals surface area contributed by atoms with Crippen LogP contribution in [0.5, 0.6) is 0 Å². The van der Waals surface area contributed by atoms with Gasteiger partial charge in [0, 0.05) is 37.5 Å². The van der Waals surface area contributed by atoms with Crippen LogP contribution in [0.1, 0.15) is 56.2 Å². The van der Waals surface area contributed by atoms with Crippen molar-refractivity contribution in [2.75, 3.05) is 25.6 Å². The molecule has 164 valence electrons. The highest BCUT2D eigenvalue weighted by Gasteiger charge is 2.48. The fraction of sp³-hybridized carbons (Fsp3) is 0.800. The van der Waals surface area contributed by atoms with E-state index >= 15 is 0 Å². The Labute approximate surface area is 176 Å². The number of methoxy groups -OCH3 is 1. The second-order valence-electron chi connectivity index (χ2n) is 8.89. The van der Waals surface area contributed by atoms with Gasteiger partial charge in [-0.2, -0.15) is 13.2 Å². The van der Waals surface area contributed by atoms with Crippen molar-refractivity contribution < 1.29 is 17.9 Å². The van der Waals surface area contributed by atoms with Crippen molar-refractivity contribution in [3.05, 3.63) is 17.5 Å². The first-order valence-corrected chi connectivity index (χ1v) is 10.3. The summed E-state index contributed by atoms with van der Waals surface area (Å²) in [5, 5.41) is 6.32. The number of anilines is 1. The quantitative estimate of drug-likeness (QED) is 0.622. The Morgan fingerprint density at radius 1 is 1.17 bits per heavy atom. The molecule has 1 aromatic heterocycles. The van der Waals surface area contributed by atoms with Gasteiger partial charge < -0.3 is 15.4 Å². The van der Waals surface area contributed by atoms with Gasteiger partial charge in [0.2, 0.25) is 5.95 Å². The van der Waals surface area contributed by atoms with Crippen LogP contribution >= 0.6 is 12.4 Å². The van der Waals surface area contributed by atoms with Gasteiger partial charge in [0.1, 0.15) is 0 Å². The van der Waals surface area contributed by atoms with Crippen LogP contribution in [0.4, 0.5) is 19.1 Å². The van der Waals surface area contributed by atoms with Crippen LogP contribution in [0.2, 0.25) is 0 Å². The van der Waals surface area contributed by atoms with E-state index in [0.29, 0.717) is 25.0 Å². The Bertz CT molecular complexity index is 689. The fourth-order valence-electron chi connectivity index (χ4n) is 5.79. The Kier molecular flexibility index (Phi) is 6.95. The van der Waals surface area contributed by atoms with E-state index < -0.39 is 11.9 Å². The van der Waals surface area contributed by atoms with Gasteiger partial charge in [0.25, 0.3) is 0 Å². The SMILES string of the molecule is COCCNCc1cnc(NC23CCC4CC(CC(C4)C2)C3)nc1C(F)(F)F.Cl. The van der Waals surface area contributed by atoms with Crippen molar-refractivity contribution in [1.82, 2.24) is 15.3 Å². The van der Waals surface area contributed by atoms with Crippen LogP contribution < -0.4 is 10.6 Å². The third-order valence-electron chi connectivity index (χ3n) is 6.70. The molecule has 1 aromatic rings. The molecule has 1 heterocycles. The fourth-order valence-corrected chi connectivity index (χ4v) is 5.79. The minimum atomic E-state index is -4.50. The number of ether oxygens (including phenoxy) is 1. The van der Waals surface area contributed by atoms with E-state index in [1.165, 1.54) is 25.5 Å². The molecule has 4 bridgehead atoms. The molecule has 4 aliphatic carbocycles. The smallest absolute Gasteiger partial charge is 0.383 e.